The van der Waals surface area contributed by atoms with E-state index < -0.39 is 12.1 Å². The van der Waals surface area contributed by atoms with Gasteiger partial charge in [0.1, 0.15) is 5.82 Å². The van der Waals surface area contributed by atoms with E-state index in [0.29, 0.717) is 5.92 Å². The molecule has 0 radical (unpaired) electrons. The topological polar surface area (TPSA) is 93.6 Å². The molecular formula is C22H26F3N3O4. The molecule has 0 aliphatic carbocycles. The number of carboxylic acids is 1. The molecule has 2 aromatic rings. The molecule has 10 heteroatoms. The first-order valence-electron chi connectivity index (χ1n) is 10.3. The van der Waals surface area contributed by atoms with E-state index in [0.717, 1.165) is 42.9 Å². The minimum Gasteiger partial charge on any atom is -0.475 e. The van der Waals surface area contributed by atoms with Crippen LogP contribution in [0.3, 0.4) is 0 Å². The number of nitrogens with zero attached hydrogens (tertiary/aromatic N) is 2. The summed E-state index contributed by atoms with van der Waals surface area (Å²) in [7, 11) is 0. The fourth-order valence-electron chi connectivity index (χ4n) is 3.85. The predicted molar refractivity (Wildman–Crippen MR) is 111 cm³/mol. The van der Waals surface area contributed by atoms with Crippen LogP contribution < -0.4 is 5.32 Å². The normalized spacial score (nSPS) is 27.1. The number of hydrogen-bond donors (Lipinski definition) is 2. The fourth-order valence-corrected chi connectivity index (χ4v) is 3.85. The molecule has 0 bridgehead atoms. The summed E-state index contributed by atoms with van der Waals surface area (Å²) in [6.45, 7) is 5.89. The van der Waals surface area contributed by atoms with Crippen molar-refractivity contribution in [2.45, 2.75) is 50.7 Å². The largest absolute Gasteiger partial charge is 0.490 e. The Labute approximate surface area is 184 Å². The van der Waals surface area contributed by atoms with Crippen molar-refractivity contribution < 1.29 is 32.5 Å². The minimum atomic E-state index is -5.08. The average molecular weight is 453 g/mol. The van der Waals surface area contributed by atoms with Crippen molar-refractivity contribution in [2.24, 2.45) is 5.92 Å². The van der Waals surface area contributed by atoms with Crippen molar-refractivity contribution in [1.82, 2.24) is 9.97 Å². The van der Waals surface area contributed by atoms with Crippen LogP contribution in [0.1, 0.15) is 26.7 Å². The molecule has 2 aliphatic heterocycles. The Morgan fingerprint density at radius 3 is 2.44 bits per heavy atom. The van der Waals surface area contributed by atoms with Crippen molar-refractivity contribution in [3.8, 4) is 11.1 Å². The number of alkyl halides is 3. The summed E-state index contributed by atoms with van der Waals surface area (Å²) >= 11 is 0. The molecule has 0 amide bonds. The third-order valence-electron chi connectivity index (χ3n) is 5.95. The van der Waals surface area contributed by atoms with Crippen molar-refractivity contribution >= 4 is 11.8 Å². The molecule has 4 unspecified atom stereocenters. The number of hydrogen-bond acceptors (Lipinski definition) is 6. The monoisotopic (exact) mass is 453 g/mol. The molecule has 4 rings (SSSR count). The molecular weight excluding hydrogens is 427 g/mol. The van der Waals surface area contributed by atoms with Gasteiger partial charge in [0, 0.05) is 36.6 Å². The summed E-state index contributed by atoms with van der Waals surface area (Å²) in [5.74, 6) is -1.42. The smallest absolute Gasteiger partial charge is 0.475 e. The lowest BCUT2D eigenvalue weighted by Crippen LogP contribution is -2.38. The van der Waals surface area contributed by atoms with Gasteiger partial charge in [0.25, 0.3) is 0 Å². The van der Waals surface area contributed by atoms with E-state index in [1.807, 2.05) is 24.4 Å². The van der Waals surface area contributed by atoms with Crippen LogP contribution in [0, 0.1) is 5.92 Å². The maximum Gasteiger partial charge on any atom is 0.490 e. The lowest BCUT2D eigenvalue weighted by Gasteiger charge is -2.28. The van der Waals surface area contributed by atoms with Crippen LogP contribution in [-0.4, -0.2) is 58.2 Å². The van der Waals surface area contributed by atoms with E-state index in [1.54, 1.807) is 12.4 Å². The Balaban J connectivity index is 0.000000360. The molecule has 2 aliphatic rings. The van der Waals surface area contributed by atoms with Gasteiger partial charge in [0.05, 0.1) is 24.4 Å². The Morgan fingerprint density at radius 1 is 1.22 bits per heavy atom. The van der Waals surface area contributed by atoms with E-state index in [2.05, 4.69) is 35.2 Å². The van der Waals surface area contributed by atoms with Crippen LogP contribution in [0.2, 0.25) is 0 Å². The molecule has 4 atom stereocenters. The fraction of sp³-hybridized carbons (Fsp3) is 0.500. The first-order chi connectivity index (χ1) is 15.1. The number of aromatic nitrogens is 2. The summed E-state index contributed by atoms with van der Waals surface area (Å²) in [5, 5.41) is 10.5. The third-order valence-corrected chi connectivity index (χ3v) is 5.95. The van der Waals surface area contributed by atoms with Crippen molar-refractivity contribution in [3.63, 3.8) is 0 Å². The number of ether oxygens (including phenoxy) is 2. The highest BCUT2D eigenvalue weighted by Crippen LogP contribution is 2.43. The predicted octanol–water partition coefficient (Wildman–Crippen LogP) is 4.16. The first-order valence-corrected chi connectivity index (χ1v) is 10.3. The zero-order chi connectivity index (χ0) is 23.4. The summed E-state index contributed by atoms with van der Waals surface area (Å²) in [5.41, 5.74) is 2.14. The summed E-state index contributed by atoms with van der Waals surface area (Å²) in [4.78, 5) is 17.5. The Morgan fingerprint density at radius 2 is 1.91 bits per heavy atom. The van der Waals surface area contributed by atoms with Crippen LogP contribution in [0.25, 0.3) is 11.1 Å². The van der Waals surface area contributed by atoms with Gasteiger partial charge in [-0.1, -0.05) is 6.92 Å². The molecule has 2 fully saturated rings. The number of rotatable bonds is 4. The van der Waals surface area contributed by atoms with Gasteiger partial charge in [-0.25, -0.2) is 9.78 Å². The van der Waals surface area contributed by atoms with Crippen LogP contribution in [0.5, 0.6) is 0 Å². The number of pyridine rings is 2. The molecule has 32 heavy (non-hydrogen) atoms. The second-order valence-electron chi connectivity index (χ2n) is 8.00. The van der Waals surface area contributed by atoms with E-state index in [-0.39, 0.29) is 17.8 Å². The summed E-state index contributed by atoms with van der Waals surface area (Å²) in [6.07, 6.45) is 3.06. The molecule has 1 spiro atoms. The number of nitrogens with one attached hydrogen (secondary N) is 1. The number of carboxylic acid groups (broad SMARTS) is 1. The van der Waals surface area contributed by atoms with Gasteiger partial charge in [-0.3, -0.25) is 4.98 Å². The van der Waals surface area contributed by atoms with Crippen molar-refractivity contribution in [3.05, 3.63) is 42.9 Å². The van der Waals surface area contributed by atoms with Crippen LogP contribution in [0.4, 0.5) is 19.0 Å². The van der Waals surface area contributed by atoms with Gasteiger partial charge in [-0.05, 0) is 49.6 Å². The number of aliphatic carboxylic acids is 1. The van der Waals surface area contributed by atoms with Crippen LogP contribution in [0.15, 0.2) is 42.9 Å². The Bertz CT molecular complexity index is 896. The molecule has 2 saturated heterocycles. The summed E-state index contributed by atoms with van der Waals surface area (Å²) in [6, 6.07) is 8.07. The maximum absolute atomic E-state index is 10.6. The lowest BCUT2D eigenvalue weighted by atomic mass is 9.86. The van der Waals surface area contributed by atoms with Crippen LogP contribution in [-0.2, 0) is 14.3 Å². The SMILES string of the molecule is CC1OCC2(CCC(CNc3ccc(-c4ccncc4)cn3)O2)C1C.O=C(O)C(F)(F)F. The molecule has 2 N–H and O–H groups in total. The molecule has 2 aromatic heterocycles. The second-order valence-corrected chi connectivity index (χ2v) is 8.00. The second kappa shape index (κ2) is 9.83. The molecule has 0 aromatic carbocycles. The van der Waals surface area contributed by atoms with Crippen molar-refractivity contribution in [2.75, 3.05) is 18.5 Å². The van der Waals surface area contributed by atoms with Gasteiger partial charge < -0.3 is 19.9 Å². The van der Waals surface area contributed by atoms with E-state index in [1.165, 1.54) is 0 Å². The lowest BCUT2D eigenvalue weighted by molar-refractivity contribution is -0.192. The van der Waals surface area contributed by atoms with Crippen molar-refractivity contribution in [1.29, 1.82) is 0 Å². The minimum absolute atomic E-state index is 0.0790. The van der Waals surface area contributed by atoms with E-state index in [4.69, 9.17) is 19.4 Å². The number of halogens is 3. The van der Waals surface area contributed by atoms with Crippen LogP contribution >= 0.6 is 0 Å². The van der Waals surface area contributed by atoms with Gasteiger partial charge >= 0.3 is 12.1 Å². The quantitative estimate of drug-likeness (QED) is 0.718. The zero-order valence-corrected chi connectivity index (χ0v) is 17.8. The Kier molecular flexibility index (Phi) is 7.35. The molecule has 0 saturated carbocycles. The standard InChI is InChI=1S/C20H25N3O2.C2HF3O2/c1-14-15(2)24-13-20(14)8-5-18(25-20)12-23-19-4-3-17(11-22-19)16-6-9-21-10-7-16;3-2(4,5)1(6)7/h3-4,6-7,9-11,14-15,18H,5,8,12-13H2,1-2H3,(H,22,23);(H,6,7). The van der Waals surface area contributed by atoms with Gasteiger partial charge in [0.2, 0.25) is 0 Å². The maximum atomic E-state index is 10.6. The Hall–Kier alpha value is -2.72. The molecule has 4 heterocycles. The van der Waals surface area contributed by atoms with Gasteiger partial charge in [-0.2, -0.15) is 13.2 Å². The number of anilines is 1. The molecule has 7 nitrogen and oxygen atoms in total. The highest BCUT2D eigenvalue weighted by atomic mass is 19.4. The molecule has 174 valence electrons. The highest BCUT2D eigenvalue weighted by Gasteiger charge is 2.51. The zero-order valence-electron chi connectivity index (χ0n) is 17.8. The van der Waals surface area contributed by atoms with E-state index >= 15 is 0 Å². The van der Waals surface area contributed by atoms with E-state index in [9.17, 15) is 13.2 Å². The van der Waals surface area contributed by atoms with Gasteiger partial charge in [0.15, 0.2) is 0 Å². The summed E-state index contributed by atoms with van der Waals surface area (Å²) < 4.78 is 43.9. The third kappa shape index (κ3) is 5.74. The number of carbonyl (C=O) groups is 1. The average Bonchev–Trinajstić information content (AvgIpc) is 3.32. The van der Waals surface area contributed by atoms with Gasteiger partial charge in [-0.15, -0.1) is 0 Å². The highest BCUT2D eigenvalue weighted by molar-refractivity contribution is 5.73. The first kappa shape index (κ1) is 23.9.